The Kier molecular flexibility index (Phi) is 6.30. The van der Waals surface area contributed by atoms with Crippen molar-refractivity contribution in [2.45, 2.75) is 24.8 Å². The molecule has 0 bridgehead atoms. The summed E-state index contributed by atoms with van der Waals surface area (Å²) in [6, 6.07) is 0.421. The number of aromatic nitrogens is 1. The van der Waals surface area contributed by atoms with E-state index >= 15 is 0 Å². The SMILES string of the molecule is CCNC(=O)C(C)NS(=O)(=O)c1cncc(C#CCO)c1. The number of amides is 1. The number of nitrogens with one attached hydrogen (secondary N) is 2. The Morgan fingerprint density at radius 3 is 2.81 bits per heavy atom. The molecule has 8 heteroatoms. The third-order valence-corrected chi connectivity index (χ3v) is 3.92. The zero-order valence-corrected chi connectivity index (χ0v) is 12.6. The van der Waals surface area contributed by atoms with E-state index in [0.29, 0.717) is 12.1 Å². The van der Waals surface area contributed by atoms with Crippen LogP contribution in [0.5, 0.6) is 0 Å². The topological polar surface area (TPSA) is 108 Å². The number of carbonyl (C=O) groups excluding carboxylic acids is 1. The van der Waals surface area contributed by atoms with Gasteiger partial charge in [0, 0.05) is 24.5 Å². The second kappa shape index (κ2) is 7.73. The molecule has 1 amide bonds. The van der Waals surface area contributed by atoms with Crippen LogP contribution in [0.25, 0.3) is 0 Å². The van der Waals surface area contributed by atoms with Gasteiger partial charge in [-0.3, -0.25) is 9.78 Å². The number of likely N-dealkylation sites (N-methyl/N-ethyl adjacent to an activating group) is 1. The minimum atomic E-state index is -3.87. The highest BCUT2D eigenvalue weighted by Crippen LogP contribution is 2.09. The van der Waals surface area contributed by atoms with Crippen LogP contribution in [0.2, 0.25) is 0 Å². The van der Waals surface area contributed by atoms with Crippen LogP contribution >= 0.6 is 0 Å². The largest absolute Gasteiger partial charge is 0.384 e. The van der Waals surface area contributed by atoms with Crippen molar-refractivity contribution in [3.05, 3.63) is 24.0 Å². The van der Waals surface area contributed by atoms with Crippen LogP contribution in [0.1, 0.15) is 19.4 Å². The maximum atomic E-state index is 12.1. The second-order valence-corrected chi connectivity index (χ2v) is 5.82. The van der Waals surface area contributed by atoms with E-state index in [9.17, 15) is 13.2 Å². The molecule has 7 nitrogen and oxygen atoms in total. The first kappa shape index (κ1) is 17.1. The predicted octanol–water partition coefficient (Wildman–Crippen LogP) is -0.772. The minimum absolute atomic E-state index is 0.0941. The number of rotatable bonds is 5. The normalized spacial score (nSPS) is 12.1. The van der Waals surface area contributed by atoms with Gasteiger partial charge in [0.1, 0.15) is 11.5 Å². The summed E-state index contributed by atoms with van der Waals surface area (Å²) in [4.78, 5) is 15.3. The Morgan fingerprint density at radius 1 is 1.48 bits per heavy atom. The van der Waals surface area contributed by atoms with Crippen molar-refractivity contribution >= 4 is 15.9 Å². The maximum absolute atomic E-state index is 12.1. The van der Waals surface area contributed by atoms with Crippen LogP contribution < -0.4 is 10.0 Å². The number of carbonyl (C=O) groups is 1. The highest BCUT2D eigenvalue weighted by Gasteiger charge is 2.22. The predicted molar refractivity (Wildman–Crippen MR) is 76.7 cm³/mol. The van der Waals surface area contributed by atoms with Crippen LogP contribution in [0, 0.1) is 11.8 Å². The van der Waals surface area contributed by atoms with E-state index in [1.54, 1.807) is 6.92 Å². The van der Waals surface area contributed by atoms with Crippen molar-refractivity contribution in [3.8, 4) is 11.8 Å². The molecule has 0 aliphatic carbocycles. The summed E-state index contributed by atoms with van der Waals surface area (Å²) in [6.07, 6.45) is 2.55. The summed E-state index contributed by atoms with van der Waals surface area (Å²) in [6.45, 7) is 3.28. The van der Waals surface area contributed by atoms with Gasteiger partial charge in [0.25, 0.3) is 0 Å². The van der Waals surface area contributed by atoms with Crippen molar-refractivity contribution in [1.29, 1.82) is 0 Å². The van der Waals surface area contributed by atoms with Crippen LogP contribution in [0.4, 0.5) is 0 Å². The molecule has 1 heterocycles. The summed E-state index contributed by atoms with van der Waals surface area (Å²) in [5, 5.41) is 11.1. The molecular weight excluding hydrogens is 294 g/mol. The quantitative estimate of drug-likeness (QED) is 0.619. The van der Waals surface area contributed by atoms with Crippen LogP contribution in [0.15, 0.2) is 23.4 Å². The third-order valence-electron chi connectivity index (χ3n) is 2.41. The van der Waals surface area contributed by atoms with Gasteiger partial charge in [-0.15, -0.1) is 0 Å². The van der Waals surface area contributed by atoms with Gasteiger partial charge in [-0.2, -0.15) is 4.72 Å². The summed E-state index contributed by atoms with van der Waals surface area (Å²) in [5.41, 5.74) is 0.359. The molecule has 0 fully saturated rings. The van der Waals surface area contributed by atoms with Crippen LogP contribution in [-0.4, -0.2) is 43.6 Å². The van der Waals surface area contributed by atoms with Crippen molar-refractivity contribution in [2.24, 2.45) is 0 Å². The monoisotopic (exact) mass is 311 g/mol. The number of nitrogens with zero attached hydrogens (tertiary/aromatic N) is 1. The van der Waals surface area contributed by atoms with Gasteiger partial charge >= 0.3 is 0 Å². The molecule has 0 radical (unpaired) electrons. The molecule has 1 rings (SSSR count). The molecule has 0 aliphatic rings. The first-order chi connectivity index (χ1) is 9.90. The fraction of sp³-hybridized carbons (Fsp3) is 0.385. The number of aliphatic hydroxyl groups is 1. The van der Waals surface area contributed by atoms with E-state index in [2.05, 4.69) is 26.9 Å². The van der Waals surface area contributed by atoms with Gasteiger partial charge in [-0.05, 0) is 19.9 Å². The molecule has 0 aliphatic heterocycles. The average Bonchev–Trinajstić information content (AvgIpc) is 2.45. The molecule has 114 valence electrons. The summed E-state index contributed by atoms with van der Waals surface area (Å²) in [7, 11) is -3.87. The van der Waals surface area contributed by atoms with Crippen molar-refractivity contribution < 1.29 is 18.3 Å². The first-order valence-corrected chi connectivity index (χ1v) is 7.74. The van der Waals surface area contributed by atoms with E-state index in [1.807, 2.05) is 0 Å². The highest BCUT2D eigenvalue weighted by molar-refractivity contribution is 7.89. The van der Waals surface area contributed by atoms with E-state index in [0.717, 1.165) is 6.20 Å². The van der Waals surface area contributed by atoms with E-state index in [1.165, 1.54) is 19.2 Å². The number of pyridine rings is 1. The molecule has 0 saturated heterocycles. The Balaban J connectivity index is 2.95. The van der Waals surface area contributed by atoms with Gasteiger partial charge < -0.3 is 10.4 Å². The number of sulfonamides is 1. The van der Waals surface area contributed by atoms with Gasteiger partial charge in [-0.25, -0.2) is 8.42 Å². The molecule has 1 unspecified atom stereocenters. The molecular formula is C13H17N3O4S. The van der Waals surface area contributed by atoms with Crippen molar-refractivity contribution in [2.75, 3.05) is 13.2 Å². The van der Waals surface area contributed by atoms with Crippen LogP contribution in [0.3, 0.4) is 0 Å². The molecule has 1 atom stereocenters. The van der Waals surface area contributed by atoms with Gasteiger partial charge in [-0.1, -0.05) is 11.8 Å². The minimum Gasteiger partial charge on any atom is -0.384 e. The summed E-state index contributed by atoms with van der Waals surface area (Å²) < 4.78 is 26.6. The fourth-order valence-corrected chi connectivity index (χ4v) is 2.65. The second-order valence-electron chi connectivity index (χ2n) is 4.11. The lowest BCUT2D eigenvalue weighted by Gasteiger charge is -2.13. The lowest BCUT2D eigenvalue weighted by atomic mass is 10.3. The maximum Gasteiger partial charge on any atom is 0.242 e. The fourth-order valence-electron chi connectivity index (χ4n) is 1.46. The summed E-state index contributed by atoms with van der Waals surface area (Å²) in [5.74, 6) is 4.56. The Morgan fingerprint density at radius 2 is 2.19 bits per heavy atom. The summed E-state index contributed by atoms with van der Waals surface area (Å²) >= 11 is 0. The molecule has 1 aromatic heterocycles. The molecule has 1 aromatic rings. The smallest absolute Gasteiger partial charge is 0.242 e. The van der Waals surface area contributed by atoms with Gasteiger partial charge in [0.2, 0.25) is 15.9 Å². The highest BCUT2D eigenvalue weighted by atomic mass is 32.2. The molecule has 3 N–H and O–H groups in total. The Hall–Kier alpha value is -1.95. The lowest BCUT2D eigenvalue weighted by Crippen LogP contribution is -2.44. The average molecular weight is 311 g/mol. The standard InChI is InChI=1S/C13H17N3O4S/c1-3-15-13(18)10(2)16-21(19,20)12-7-11(5-4-6-17)8-14-9-12/h7-10,16-17H,3,6H2,1-2H3,(H,15,18). The third kappa shape index (κ3) is 5.15. The van der Waals surface area contributed by atoms with Crippen LogP contribution in [-0.2, 0) is 14.8 Å². The van der Waals surface area contributed by atoms with Crippen molar-refractivity contribution in [1.82, 2.24) is 15.0 Å². The number of hydrogen-bond acceptors (Lipinski definition) is 5. The molecule has 0 aromatic carbocycles. The number of aliphatic hydroxyl groups excluding tert-OH is 1. The molecule has 0 spiro atoms. The Bertz CT molecular complexity index is 661. The zero-order valence-electron chi connectivity index (χ0n) is 11.8. The lowest BCUT2D eigenvalue weighted by molar-refractivity contribution is -0.122. The van der Waals surface area contributed by atoms with Crippen molar-refractivity contribution in [3.63, 3.8) is 0 Å². The zero-order chi connectivity index (χ0) is 15.9. The number of hydrogen-bond donors (Lipinski definition) is 3. The molecule has 21 heavy (non-hydrogen) atoms. The van der Waals surface area contributed by atoms with E-state index < -0.39 is 22.0 Å². The van der Waals surface area contributed by atoms with Gasteiger partial charge in [0.05, 0.1) is 6.04 Å². The molecule has 0 saturated carbocycles. The van der Waals surface area contributed by atoms with E-state index in [-0.39, 0.29) is 11.5 Å². The Labute approximate surface area is 123 Å². The van der Waals surface area contributed by atoms with Gasteiger partial charge in [0.15, 0.2) is 0 Å². The first-order valence-electron chi connectivity index (χ1n) is 6.25. The van der Waals surface area contributed by atoms with E-state index in [4.69, 9.17) is 5.11 Å².